The average Bonchev–Trinajstić information content (AvgIpc) is 2.56. The standard InChI is InChI=1S/C11H13FO4/c12-7-3-1-2-6(4-7)11-10(15)9(14)8(5-13)16-11/h1-4,8-11,13-15H,5H2/t8-,9-,10-,11+/m1/s1. The van der Waals surface area contributed by atoms with Crippen LogP contribution in [-0.2, 0) is 4.74 Å². The monoisotopic (exact) mass is 228 g/mol. The van der Waals surface area contributed by atoms with Crippen LogP contribution in [-0.4, -0.2) is 40.2 Å². The van der Waals surface area contributed by atoms with E-state index in [1.165, 1.54) is 18.2 Å². The zero-order valence-corrected chi connectivity index (χ0v) is 8.45. The first-order valence-electron chi connectivity index (χ1n) is 5.01. The molecule has 5 heteroatoms. The van der Waals surface area contributed by atoms with Crippen molar-refractivity contribution in [2.75, 3.05) is 6.61 Å². The van der Waals surface area contributed by atoms with Crippen LogP contribution < -0.4 is 0 Å². The first kappa shape index (κ1) is 11.5. The molecule has 4 nitrogen and oxygen atoms in total. The van der Waals surface area contributed by atoms with E-state index < -0.39 is 30.2 Å². The topological polar surface area (TPSA) is 69.9 Å². The largest absolute Gasteiger partial charge is 0.394 e. The van der Waals surface area contributed by atoms with Gasteiger partial charge in [0.15, 0.2) is 0 Å². The number of rotatable bonds is 2. The first-order valence-corrected chi connectivity index (χ1v) is 5.01. The van der Waals surface area contributed by atoms with Crippen LogP contribution >= 0.6 is 0 Å². The molecule has 1 aliphatic heterocycles. The Morgan fingerprint density at radius 2 is 2.00 bits per heavy atom. The zero-order chi connectivity index (χ0) is 11.7. The fraction of sp³-hybridized carbons (Fsp3) is 0.455. The van der Waals surface area contributed by atoms with E-state index in [4.69, 9.17) is 9.84 Å². The summed E-state index contributed by atoms with van der Waals surface area (Å²) in [6.45, 7) is -0.385. The van der Waals surface area contributed by atoms with Gasteiger partial charge in [-0.25, -0.2) is 4.39 Å². The summed E-state index contributed by atoms with van der Waals surface area (Å²) >= 11 is 0. The Morgan fingerprint density at radius 1 is 1.25 bits per heavy atom. The lowest BCUT2D eigenvalue weighted by Gasteiger charge is -2.14. The predicted molar refractivity (Wildman–Crippen MR) is 53.1 cm³/mol. The van der Waals surface area contributed by atoms with E-state index in [0.717, 1.165) is 0 Å². The van der Waals surface area contributed by atoms with Gasteiger partial charge in [0, 0.05) is 0 Å². The first-order chi connectivity index (χ1) is 7.63. The summed E-state index contributed by atoms with van der Waals surface area (Å²) in [6.07, 6.45) is -3.94. The van der Waals surface area contributed by atoms with E-state index in [2.05, 4.69) is 0 Å². The van der Waals surface area contributed by atoms with Gasteiger partial charge in [-0.2, -0.15) is 0 Å². The summed E-state index contributed by atoms with van der Waals surface area (Å²) in [5, 5.41) is 28.1. The van der Waals surface area contributed by atoms with Crippen molar-refractivity contribution in [1.82, 2.24) is 0 Å². The van der Waals surface area contributed by atoms with Crippen molar-refractivity contribution < 1.29 is 24.4 Å². The molecule has 0 saturated carbocycles. The third-order valence-electron chi connectivity index (χ3n) is 2.72. The van der Waals surface area contributed by atoms with Crippen LogP contribution in [0.5, 0.6) is 0 Å². The molecule has 1 aliphatic rings. The lowest BCUT2D eigenvalue weighted by molar-refractivity contribution is -0.0228. The van der Waals surface area contributed by atoms with Crippen LogP contribution in [0.3, 0.4) is 0 Å². The van der Waals surface area contributed by atoms with Crippen molar-refractivity contribution in [3.05, 3.63) is 35.6 Å². The highest BCUT2D eigenvalue weighted by molar-refractivity contribution is 5.21. The average molecular weight is 228 g/mol. The summed E-state index contributed by atoms with van der Waals surface area (Å²) in [6, 6.07) is 5.62. The summed E-state index contributed by atoms with van der Waals surface area (Å²) in [7, 11) is 0. The third kappa shape index (κ3) is 1.94. The molecular weight excluding hydrogens is 215 g/mol. The molecule has 16 heavy (non-hydrogen) atoms. The maximum Gasteiger partial charge on any atom is 0.123 e. The molecule has 0 amide bonds. The van der Waals surface area contributed by atoms with Gasteiger partial charge in [-0.15, -0.1) is 0 Å². The Bertz CT molecular complexity index is 371. The molecule has 1 heterocycles. The third-order valence-corrected chi connectivity index (χ3v) is 2.72. The van der Waals surface area contributed by atoms with Crippen LogP contribution in [0.15, 0.2) is 24.3 Å². The molecule has 0 unspecified atom stereocenters. The van der Waals surface area contributed by atoms with Gasteiger partial charge >= 0.3 is 0 Å². The maximum atomic E-state index is 13.0. The molecule has 0 aliphatic carbocycles. The molecule has 3 N–H and O–H groups in total. The van der Waals surface area contributed by atoms with Crippen LogP contribution in [0.1, 0.15) is 11.7 Å². The Kier molecular flexibility index (Phi) is 3.20. The summed E-state index contributed by atoms with van der Waals surface area (Å²) in [5.74, 6) is -0.435. The Balaban J connectivity index is 2.23. The Morgan fingerprint density at radius 3 is 2.56 bits per heavy atom. The molecule has 0 aromatic heterocycles. The van der Waals surface area contributed by atoms with Gasteiger partial charge in [-0.3, -0.25) is 0 Å². The van der Waals surface area contributed by atoms with Crippen molar-refractivity contribution in [3.8, 4) is 0 Å². The fourth-order valence-electron chi connectivity index (χ4n) is 1.86. The second-order valence-electron chi connectivity index (χ2n) is 3.81. The number of halogens is 1. The smallest absolute Gasteiger partial charge is 0.123 e. The van der Waals surface area contributed by atoms with E-state index >= 15 is 0 Å². The van der Waals surface area contributed by atoms with E-state index in [1.807, 2.05) is 0 Å². The molecule has 1 aromatic carbocycles. The molecule has 0 bridgehead atoms. The Hall–Kier alpha value is -1.01. The minimum Gasteiger partial charge on any atom is -0.394 e. The lowest BCUT2D eigenvalue weighted by atomic mass is 10.0. The van der Waals surface area contributed by atoms with E-state index in [9.17, 15) is 14.6 Å². The quantitative estimate of drug-likeness (QED) is 0.665. The maximum absolute atomic E-state index is 13.0. The van der Waals surface area contributed by atoms with Crippen LogP contribution in [0.25, 0.3) is 0 Å². The number of aliphatic hydroxyl groups excluding tert-OH is 3. The summed E-state index contributed by atoms with van der Waals surface area (Å²) in [5.41, 5.74) is 0.447. The number of benzene rings is 1. The van der Waals surface area contributed by atoms with Crippen molar-refractivity contribution in [2.45, 2.75) is 24.4 Å². The normalized spacial score (nSPS) is 34.2. The van der Waals surface area contributed by atoms with E-state index in [-0.39, 0.29) is 6.61 Å². The molecule has 88 valence electrons. The van der Waals surface area contributed by atoms with Gasteiger partial charge in [0.25, 0.3) is 0 Å². The van der Waals surface area contributed by atoms with Gasteiger partial charge < -0.3 is 20.1 Å². The summed E-state index contributed by atoms with van der Waals surface area (Å²) < 4.78 is 18.2. The number of hydrogen-bond acceptors (Lipinski definition) is 4. The zero-order valence-electron chi connectivity index (χ0n) is 8.45. The minimum absolute atomic E-state index is 0.385. The lowest BCUT2D eigenvalue weighted by Crippen LogP contribution is -2.32. The van der Waals surface area contributed by atoms with Gasteiger partial charge in [-0.1, -0.05) is 12.1 Å². The van der Waals surface area contributed by atoms with Crippen molar-refractivity contribution in [1.29, 1.82) is 0 Å². The van der Waals surface area contributed by atoms with Gasteiger partial charge in [-0.05, 0) is 17.7 Å². The van der Waals surface area contributed by atoms with Crippen LogP contribution in [0.4, 0.5) is 4.39 Å². The fourth-order valence-corrected chi connectivity index (χ4v) is 1.86. The molecular formula is C11H13FO4. The molecule has 1 fully saturated rings. The van der Waals surface area contributed by atoms with Gasteiger partial charge in [0.1, 0.15) is 30.2 Å². The van der Waals surface area contributed by atoms with Crippen LogP contribution in [0, 0.1) is 5.82 Å². The van der Waals surface area contributed by atoms with Crippen molar-refractivity contribution in [3.63, 3.8) is 0 Å². The van der Waals surface area contributed by atoms with Gasteiger partial charge in [0.05, 0.1) is 6.61 Å². The number of hydrogen-bond donors (Lipinski definition) is 3. The second kappa shape index (κ2) is 4.47. The molecule has 1 aromatic rings. The minimum atomic E-state index is -1.15. The van der Waals surface area contributed by atoms with Crippen LogP contribution in [0.2, 0.25) is 0 Å². The highest BCUT2D eigenvalue weighted by Gasteiger charge is 2.42. The Labute approximate surface area is 91.9 Å². The number of aliphatic hydroxyl groups is 3. The molecule has 4 atom stereocenters. The predicted octanol–water partition coefficient (Wildman–Crippen LogP) is -0.0203. The summed E-state index contributed by atoms with van der Waals surface area (Å²) in [4.78, 5) is 0. The molecule has 0 radical (unpaired) electrons. The molecule has 2 rings (SSSR count). The highest BCUT2D eigenvalue weighted by atomic mass is 19.1. The van der Waals surface area contributed by atoms with Crippen molar-refractivity contribution in [2.24, 2.45) is 0 Å². The van der Waals surface area contributed by atoms with Gasteiger partial charge in [0.2, 0.25) is 0 Å². The molecule has 0 spiro atoms. The van der Waals surface area contributed by atoms with Crippen molar-refractivity contribution >= 4 is 0 Å². The number of ether oxygens (including phenoxy) is 1. The molecule has 1 saturated heterocycles. The van der Waals surface area contributed by atoms with E-state index in [0.29, 0.717) is 5.56 Å². The second-order valence-corrected chi connectivity index (χ2v) is 3.81. The SMILES string of the molecule is OC[C@H]1O[C@@H](c2cccc(F)c2)[C@H](O)[C@@H]1O. The van der Waals surface area contributed by atoms with E-state index in [1.54, 1.807) is 6.07 Å². The highest BCUT2D eigenvalue weighted by Crippen LogP contribution is 2.33.